The van der Waals surface area contributed by atoms with Crippen molar-refractivity contribution in [3.8, 4) is 11.5 Å². The monoisotopic (exact) mass is 710 g/mol. The molecule has 7 aromatic rings. The molecule has 9 rings (SSSR count). The van der Waals surface area contributed by atoms with E-state index in [1.165, 1.54) is 0 Å². The van der Waals surface area contributed by atoms with E-state index in [0.29, 0.717) is 54.9 Å². The van der Waals surface area contributed by atoms with Crippen LogP contribution in [0.2, 0.25) is 0 Å². The summed E-state index contributed by atoms with van der Waals surface area (Å²) < 4.78 is 13.9. The molecule has 2 aliphatic rings. The number of aromatic nitrogens is 2. The second-order valence-corrected chi connectivity index (χ2v) is 15.9. The molecule has 0 fully saturated rings. The number of aromatic hydroxyl groups is 2. The predicted molar refractivity (Wildman–Crippen MR) is 220 cm³/mol. The Bertz CT molecular complexity index is 2870. The van der Waals surface area contributed by atoms with Crippen LogP contribution in [0.4, 0.5) is 0 Å². The lowest BCUT2D eigenvalue weighted by atomic mass is 9.74. The Morgan fingerprint density at radius 3 is 1.28 bits per heavy atom. The molecule has 0 amide bonds. The van der Waals surface area contributed by atoms with Crippen molar-refractivity contribution in [1.29, 1.82) is 0 Å². The summed E-state index contributed by atoms with van der Waals surface area (Å²) in [4.78, 5) is 10.2. The number of para-hydroxylation sites is 4. The Labute approximate surface area is 313 Å². The second-order valence-electron chi connectivity index (χ2n) is 15.9. The first-order chi connectivity index (χ1) is 25.8. The van der Waals surface area contributed by atoms with Crippen LogP contribution in [0.1, 0.15) is 72.2 Å². The van der Waals surface area contributed by atoms with E-state index in [0.717, 1.165) is 55.3 Å². The minimum Gasteiger partial charge on any atom is -0.507 e. The largest absolute Gasteiger partial charge is 0.507 e. The maximum atomic E-state index is 12.0. The molecule has 6 aromatic carbocycles. The third-order valence-corrected chi connectivity index (χ3v) is 12.0. The fourth-order valence-corrected chi connectivity index (χ4v) is 8.43. The van der Waals surface area contributed by atoms with Gasteiger partial charge in [0.15, 0.2) is 11.2 Å². The normalized spacial score (nSPS) is 14.4. The number of phenols is 2. The first kappa shape index (κ1) is 33.7. The molecule has 2 N–H and O–H groups in total. The molecule has 6 heteroatoms. The average molecular weight is 711 g/mol. The molecule has 268 valence electrons. The van der Waals surface area contributed by atoms with Gasteiger partial charge in [-0.2, -0.15) is 0 Å². The third-order valence-electron chi connectivity index (χ3n) is 12.0. The van der Waals surface area contributed by atoms with Gasteiger partial charge in [0.2, 0.25) is 0 Å². The Kier molecular flexibility index (Phi) is 7.28. The maximum absolute atomic E-state index is 12.0. The van der Waals surface area contributed by atoms with Gasteiger partial charge in [0, 0.05) is 77.8 Å². The van der Waals surface area contributed by atoms with Gasteiger partial charge in [0.05, 0.1) is 0 Å². The van der Waals surface area contributed by atoms with Gasteiger partial charge in [0.1, 0.15) is 33.7 Å². The Morgan fingerprint density at radius 1 is 0.463 bits per heavy atom. The van der Waals surface area contributed by atoms with Crippen molar-refractivity contribution < 1.29 is 19.0 Å². The quantitative estimate of drug-likeness (QED) is 0.163. The van der Waals surface area contributed by atoms with Gasteiger partial charge in [-0.15, -0.1) is 0 Å². The van der Waals surface area contributed by atoms with Crippen molar-refractivity contribution in [2.45, 2.75) is 66.2 Å². The summed E-state index contributed by atoms with van der Waals surface area (Å²) in [5.74, 6) is 0.201. The van der Waals surface area contributed by atoms with E-state index in [2.05, 4.69) is 79.7 Å². The van der Waals surface area contributed by atoms with E-state index in [-0.39, 0.29) is 11.5 Å². The van der Waals surface area contributed by atoms with Crippen molar-refractivity contribution >= 4 is 65.7 Å². The zero-order chi connectivity index (χ0) is 37.8. The first-order valence-corrected chi connectivity index (χ1v) is 18.4. The summed E-state index contributed by atoms with van der Waals surface area (Å²) in [7, 11) is 0. The first-order valence-electron chi connectivity index (χ1n) is 18.4. The number of nitrogens with zero attached hydrogens (tertiary/aromatic N) is 2. The van der Waals surface area contributed by atoms with Crippen LogP contribution in [0.3, 0.4) is 0 Å². The molecule has 0 saturated carbocycles. The number of hydrogen-bond donors (Lipinski definition) is 2. The minimum atomic E-state index is -0.454. The number of rotatable bonds is 0. The number of benzene rings is 6. The summed E-state index contributed by atoms with van der Waals surface area (Å²) in [6.07, 6.45) is 3.46. The van der Waals surface area contributed by atoms with Gasteiger partial charge in [-0.3, -0.25) is 9.97 Å². The molecule has 0 radical (unpaired) electrons. The lowest BCUT2D eigenvalue weighted by molar-refractivity contribution is 0.487. The molecule has 54 heavy (non-hydrogen) atoms. The number of phenolic OH excluding ortho intramolecular Hbond substituents is 2. The van der Waals surface area contributed by atoms with Crippen molar-refractivity contribution in [3.05, 3.63) is 142 Å². The zero-order valence-electron chi connectivity index (χ0n) is 31.8. The van der Waals surface area contributed by atoms with Gasteiger partial charge in [-0.25, -0.2) is 0 Å². The van der Waals surface area contributed by atoms with Crippen LogP contribution in [0, 0.1) is 27.7 Å². The molecule has 6 nitrogen and oxygen atoms in total. The maximum Gasteiger partial charge on any atom is 0.157 e. The highest BCUT2D eigenvalue weighted by Crippen LogP contribution is 2.47. The van der Waals surface area contributed by atoms with Crippen LogP contribution >= 0.6 is 0 Å². The second kappa shape index (κ2) is 11.7. The van der Waals surface area contributed by atoms with Gasteiger partial charge in [-0.05, 0) is 62.1 Å². The highest BCUT2D eigenvalue weighted by atomic mass is 16.3. The van der Waals surface area contributed by atoms with E-state index in [4.69, 9.17) is 18.8 Å². The lowest BCUT2D eigenvalue weighted by Crippen LogP contribution is -2.23. The molecule has 8 bridgehead atoms. The third kappa shape index (κ3) is 4.72. The highest BCUT2D eigenvalue weighted by Gasteiger charge is 2.35. The van der Waals surface area contributed by atoms with Gasteiger partial charge in [-0.1, -0.05) is 100 Å². The van der Waals surface area contributed by atoms with Crippen LogP contribution in [0.25, 0.3) is 65.7 Å². The number of hydrogen-bond acceptors (Lipinski definition) is 6. The van der Waals surface area contributed by atoms with E-state index in [1.54, 1.807) is 12.4 Å². The predicted octanol–water partition coefficient (Wildman–Crippen LogP) is 12.4. The topological polar surface area (TPSA) is 92.5 Å². The molecule has 0 atom stereocenters. The minimum absolute atomic E-state index is 0.100. The van der Waals surface area contributed by atoms with E-state index in [1.807, 2.05) is 60.7 Å². The van der Waals surface area contributed by atoms with E-state index < -0.39 is 10.8 Å². The Hall–Kier alpha value is -6.14. The molecule has 0 aliphatic carbocycles. The SMILES string of the molecule is Cc1cc2c3oc4c(cc(C)c(C)c4ncc4cccc(c4O)c4cccc5c4oc4c(cccc4c4cccc(cnc3c1C)c4O)C5(C)C)C2(C)C. The van der Waals surface area contributed by atoms with Gasteiger partial charge >= 0.3 is 0 Å². The van der Waals surface area contributed by atoms with E-state index in [9.17, 15) is 10.2 Å². The van der Waals surface area contributed by atoms with Gasteiger partial charge < -0.3 is 19.0 Å². The summed E-state index contributed by atoms with van der Waals surface area (Å²) in [6, 6.07) is 28.0. The van der Waals surface area contributed by atoms with Crippen LogP contribution in [0.5, 0.6) is 11.5 Å². The summed E-state index contributed by atoms with van der Waals surface area (Å²) in [5, 5.41) is 27.9. The van der Waals surface area contributed by atoms with E-state index >= 15 is 0 Å². The molecule has 0 unspecified atom stereocenters. The van der Waals surface area contributed by atoms with Gasteiger partial charge in [0.25, 0.3) is 0 Å². The molecule has 1 aromatic heterocycles. The van der Waals surface area contributed by atoms with Crippen LogP contribution in [-0.2, 0) is 10.8 Å². The van der Waals surface area contributed by atoms with Crippen molar-refractivity contribution in [2.24, 2.45) is 0 Å². The molecular formula is C48H42N2O4. The molecular weight excluding hydrogens is 669 g/mol. The zero-order valence-corrected chi connectivity index (χ0v) is 31.8. The lowest BCUT2D eigenvalue weighted by Gasteiger charge is -2.31. The smallest absolute Gasteiger partial charge is 0.157 e. The Balaban J connectivity index is 1.58. The van der Waals surface area contributed by atoms with Crippen molar-refractivity contribution in [2.75, 3.05) is 0 Å². The molecule has 2 aliphatic heterocycles. The molecule has 0 spiro atoms. The van der Waals surface area contributed by atoms with Crippen molar-refractivity contribution in [3.63, 3.8) is 0 Å². The molecule has 3 heterocycles. The van der Waals surface area contributed by atoms with Crippen LogP contribution in [0.15, 0.2) is 106 Å². The molecule has 0 saturated heterocycles. The summed E-state index contributed by atoms with van der Waals surface area (Å²) >= 11 is 0. The fourth-order valence-electron chi connectivity index (χ4n) is 8.43. The fraction of sp³-hybridized carbons (Fsp3) is 0.208. The van der Waals surface area contributed by atoms with Crippen LogP contribution < -0.4 is 0 Å². The number of fused-ring (bicyclic) bond motifs is 6. The summed E-state index contributed by atoms with van der Waals surface area (Å²) in [6.45, 7) is 17.1. The highest BCUT2D eigenvalue weighted by molar-refractivity contribution is 6.06. The van der Waals surface area contributed by atoms with Crippen LogP contribution in [-0.4, -0.2) is 20.2 Å². The standard InChI is InChI=1S/C48H42N2O4/c1-25-21-37-45-39(27(25)3)49-23-29-13-9-15-31(41(29)51)33-17-11-19-35-43(33)53-44-34(18-12-20-36(44)47(35,5)6)32-16-10-14-30(42(32)52)24-50-40-28(4)26(2)22-38(46(40)54-45)48(37,7)8/h9-24,51-52H,1-8H3. The summed E-state index contributed by atoms with van der Waals surface area (Å²) in [5.41, 5.74) is 11.4. The number of aryl methyl sites for hydroxylation is 4. The van der Waals surface area contributed by atoms with Crippen molar-refractivity contribution in [1.82, 2.24) is 9.97 Å². The Morgan fingerprint density at radius 2 is 0.833 bits per heavy atom. The average Bonchev–Trinajstić information content (AvgIpc) is 3.14.